The van der Waals surface area contributed by atoms with Crippen LogP contribution in [0, 0.1) is 6.92 Å². The minimum atomic E-state index is 0.577. The lowest BCUT2D eigenvalue weighted by molar-refractivity contribution is 0.337. The van der Waals surface area contributed by atoms with E-state index in [-0.39, 0.29) is 0 Å². The van der Waals surface area contributed by atoms with Crippen molar-refractivity contribution in [3.8, 4) is 11.4 Å². The van der Waals surface area contributed by atoms with Crippen molar-refractivity contribution in [1.82, 2.24) is 30.2 Å². The average Bonchev–Trinajstić information content (AvgIpc) is 3.15. The fourth-order valence-electron chi connectivity index (χ4n) is 2.72. The van der Waals surface area contributed by atoms with Crippen LogP contribution in [0.5, 0.6) is 5.75 Å². The van der Waals surface area contributed by atoms with Gasteiger partial charge >= 0.3 is 0 Å². The summed E-state index contributed by atoms with van der Waals surface area (Å²) in [6.07, 6.45) is 0. The molecule has 8 heteroatoms. The molecule has 0 saturated heterocycles. The molecule has 4 aromatic rings. The third-order valence-corrected chi connectivity index (χ3v) is 4.95. The summed E-state index contributed by atoms with van der Waals surface area (Å²) in [5.41, 5.74) is 4.44. The van der Waals surface area contributed by atoms with Crippen LogP contribution >= 0.6 is 11.8 Å². The van der Waals surface area contributed by atoms with Crippen LogP contribution in [0.4, 0.5) is 0 Å². The summed E-state index contributed by atoms with van der Waals surface area (Å²) >= 11 is 1.52. The highest BCUT2D eigenvalue weighted by atomic mass is 32.2. The summed E-state index contributed by atoms with van der Waals surface area (Å²) in [5.74, 6) is 1.37. The van der Waals surface area contributed by atoms with Crippen molar-refractivity contribution >= 4 is 22.8 Å². The van der Waals surface area contributed by atoms with Gasteiger partial charge in [0.25, 0.3) is 0 Å². The van der Waals surface area contributed by atoms with Crippen LogP contribution in [0.1, 0.15) is 18.3 Å². The monoisotopic (exact) mass is 378 g/mol. The molecule has 2 aromatic carbocycles. The number of para-hydroxylation sites is 4. The number of hydrogen-bond donors (Lipinski definition) is 0. The first-order valence-electron chi connectivity index (χ1n) is 8.62. The third-order valence-electron chi connectivity index (χ3n) is 4.02. The zero-order valence-electron chi connectivity index (χ0n) is 15.0. The van der Waals surface area contributed by atoms with Crippen LogP contribution in [-0.4, -0.2) is 36.8 Å². The predicted molar refractivity (Wildman–Crippen MR) is 104 cm³/mol. The Morgan fingerprint density at radius 2 is 1.74 bits per heavy atom. The average molecular weight is 378 g/mol. The van der Waals surface area contributed by atoms with Crippen LogP contribution in [0.25, 0.3) is 16.7 Å². The fourth-order valence-corrected chi connectivity index (χ4v) is 3.61. The van der Waals surface area contributed by atoms with Gasteiger partial charge in [-0.25, -0.2) is 9.97 Å². The highest BCUT2D eigenvalue weighted by Gasteiger charge is 2.14. The molecule has 0 saturated carbocycles. The van der Waals surface area contributed by atoms with E-state index < -0.39 is 0 Å². The van der Waals surface area contributed by atoms with Crippen molar-refractivity contribution in [3.05, 3.63) is 59.9 Å². The number of tetrazole rings is 1. The quantitative estimate of drug-likeness (QED) is 0.474. The van der Waals surface area contributed by atoms with Crippen molar-refractivity contribution in [2.24, 2.45) is 0 Å². The molecule has 2 aromatic heterocycles. The van der Waals surface area contributed by atoms with E-state index in [1.807, 2.05) is 62.4 Å². The van der Waals surface area contributed by atoms with Crippen molar-refractivity contribution < 1.29 is 4.74 Å². The van der Waals surface area contributed by atoms with E-state index in [9.17, 15) is 0 Å². The first kappa shape index (κ1) is 17.4. The van der Waals surface area contributed by atoms with Crippen LogP contribution in [-0.2, 0) is 5.75 Å². The Bertz CT molecular complexity index is 1080. The second kappa shape index (κ2) is 7.71. The zero-order valence-corrected chi connectivity index (χ0v) is 15.8. The lowest BCUT2D eigenvalue weighted by Gasteiger charge is -2.10. The van der Waals surface area contributed by atoms with Gasteiger partial charge in [0.15, 0.2) is 0 Å². The SMILES string of the molecule is CCOc1ccccc1-n1nnnc1SCc1nc2ccccc2nc1C. The summed E-state index contributed by atoms with van der Waals surface area (Å²) in [4.78, 5) is 9.38. The molecule has 0 amide bonds. The Balaban J connectivity index is 1.61. The Morgan fingerprint density at radius 1 is 1.00 bits per heavy atom. The zero-order chi connectivity index (χ0) is 18.6. The second-order valence-corrected chi connectivity index (χ2v) is 6.75. The molecular formula is C19H18N6OS. The Hall–Kier alpha value is -3.00. The van der Waals surface area contributed by atoms with Gasteiger partial charge in [-0.2, -0.15) is 4.68 Å². The Morgan fingerprint density at radius 3 is 2.56 bits per heavy atom. The van der Waals surface area contributed by atoms with Crippen LogP contribution in [0.2, 0.25) is 0 Å². The molecule has 0 unspecified atom stereocenters. The highest BCUT2D eigenvalue weighted by molar-refractivity contribution is 7.98. The predicted octanol–water partition coefficient (Wildman–Crippen LogP) is 3.60. The fraction of sp³-hybridized carbons (Fsp3) is 0.211. The summed E-state index contributed by atoms with van der Waals surface area (Å²) in [6.45, 7) is 4.50. The Labute approximate surface area is 160 Å². The minimum absolute atomic E-state index is 0.577. The number of aromatic nitrogens is 6. The van der Waals surface area contributed by atoms with Crippen molar-refractivity contribution in [2.75, 3.05) is 6.61 Å². The summed E-state index contributed by atoms with van der Waals surface area (Å²) in [7, 11) is 0. The molecule has 0 aliphatic carbocycles. The van der Waals surface area contributed by atoms with Crippen molar-refractivity contribution in [2.45, 2.75) is 24.8 Å². The maximum absolute atomic E-state index is 5.70. The normalized spacial score (nSPS) is 11.0. The molecule has 4 rings (SSSR count). The van der Waals surface area contributed by atoms with E-state index in [4.69, 9.17) is 9.72 Å². The van der Waals surface area contributed by atoms with Gasteiger partial charge in [0.1, 0.15) is 11.4 Å². The van der Waals surface area contributed by atoms with Gasteiger partial charge in [-0.05, 0) is 48.5 Å². The maximum atomic E-state index is 5.70. The molecule has 7 nitrogen and oxygen atoms in total. The molecule has 2 heterocycles. The number of fused-ring (bicyclic) bond motifs is 1. The number of benzene rings is 2. The summed E-state index contributed by atoms with van der Waals surface area (Å²) in [5, 5.41) is 12.8. The molecular weight excluding hydrogens is 360 g/mol. The van der Waals surface area contributed by atoms with E-state index in [1.54, 1.807) is 4.68 Å². The molecule has 0 aliphatic heterocycles. The maximum Gasteiger partial charge on any atom is 0.214 e. The smallest absolute Gasteiger partial charge is 0.214 e. The van der Waals surface area contributed by atoms with Gasteiger partial charge in [0, 0.05) is 5.75 Å². The van der Waals surface area contributed by atoms with E-state index in [2.05, 4.69) is 20.5 Å². The third kappa shape index (κ3) is 3.61. The number of nitrogens with zero attached hydrogens (tertiary/aromatic N) is 6. The first-order chi connectivity index (χ1) is 13.3. The summed E-state index contributed by atoms with van der Waals surface area (Å²) in [6, 6.07) is 15.6. The topological polar surface area (TPSA) is 78.6 Å². The van der Waals surface area contributed by atoms with Crippen LogP contribution in [0.3, 0.4) is 0 Å². The van der Waals surface area contributed by atoms with E-state index in [0.29, 0.717) is 17.5 Å². The van der Waals surface area contributed by atoms with Gasteiger partial charge in [-0.15, -0.1) is 5.10 Å². The lowest BCUT2D eigenvalue weighted by Crippen LogP contribution is -2.04. The number of thioether (sulfide) groups is 1. The first-order valence-corrected chi connectivity index (χ1v) is 9.60. The van der Waals surface area contributed by atoms with Gasteiger partial charge in [0.05, 0.1) is 29.0 Å². The molecule has 0 spiro atoms. The Kier molecular flexibility index (Phi) is 4.97. The van der Waals surface area contributed by atoms with Gasteiger partial charge in [0.2, 0.25) is 5.16 Å². The standard InChI is InChI=1S/C19H18N6OS/c1-3-26-18-11-7-6-10-17(18)25-19(22-23-24-25)27-12-16-13(2)20-14-8-4-5-9-15(14)21-16/h4-11H,3,12H2,1-2H3. The number of rotatable bonds is 6. The summed E-state index contributed by atoms with van der Waals surface area (Å²) < 4.78 is 7.39. The van der Waals surface area contributed by atoms with Crippen LogP contribution in [0.15, 0.2) is 53.7 Å². The largest absolute Gasteiger partial charge is 0.492 e. The molecule has 0 fully saturated rings. The van der Waals surface area contributed by atoms with Gasteiger partial charge < -0.3 is 4.74 Å². The number of ether oxygens (including phenoxy) is 1. The molecule has 0 N–H and O–H groups in total. The molecule has 0 atom stereocenters. The number of hydrogen-bond acceptors (Lipinski definition) is 7. The van der Waals surface area contributed by atoms with Gasteiger partial charge in [-0.3, -0.25) is 0 Å². The van der Waals surface area contributed by atoms with E-state index in [0.717, 1.165) is 33.9 Å². The van der Waals surface area contributed by atoms with Crippen molar-refractivity contribution in [1.29, 1.82) is 0 Å². The van der Waals surface area contributed by atoms with Crippen LogP contribution < -0.4 is 4.74 Å². The van der Waals surface area contributed by atoms with Gasteiger partial charge in [-0.1, -0.05) is 36.0 Å². The molecule has 0 bridgehead atoms. The van der Waals surface area contributed by atoms with E-state index >= 15 is 0 Å². The minimum Gasteiger partial charge on any atom is -0.492 e. The van der Waals surface area contributed by atoms with Crippen molar-refractivity contribution in [3.63, 3.8) is 0 Å². The number of aryl methyl sites for hydroxylation is 1. The lowest BCUT2D eigenvalue weighted by atomic mass is 10.2. The van der Waals surface area contributed by atoms with E-state index in [1.165, 1.54) is 11.8 Å². The highest BCUT2D eigenvalue weighted by Crippen LogP contribution is 2.28. The molecule has 0 aliphatic rings. The molecule has 136 valence electrons. The molecule has 27 heavy (non-hydrogen) atoms. The second-order valence-electron chi connectivity index (χ2n) is 5.81. The molecule has 0 radical (unpaired) electrons.